The van der Waals surface area contributed by atoms with Crippen LogP contribution in [-0.4, -0.2) is 11.1 Å². The van der Waals surface area contributed by atoms with Gasteiger partial charge in [-0.15, -0.1) is 0 Å². The molecule has 1 saturated heterocycles. The Bertz CT molecular complexity index is 1240. The maximum atomic E-state index is 12.4. The highest BCUT2D eigenvalue weighted by atomic mass is 127. The van der Waals surface area contributed by atoms with Gasteiger partial charge in [-0.3, -0.25) is 4.79 Å². The standard InChI is InChI=1S/C24H17Cl2IN2O2S/c1-14-5-7-15(8-6-14)13-31-20-10-9-16(11-18(20)27)12-21-23(30)29-24(32-21)28-19-4-2-3-17(25)22(19)26/h2-12H,13H2,1H3,(H,28,29,30)/b21-12+. The molecule has 1 amide bonds. The Morgan fingerprint density at radius 3 is 2.66 bits per heavy atom. The summed E-state index contributed by atoms with van der Waals surface area (Å²) in [4.78, 5) is 17.4. The van der Waals surface area contributed by atoms with Crippen molar-refractivity contribution in [1.82, 2.24) is 5.32 Å². The van der Waals surface area contributed by atoms with Gasteiger partial charge in [-0.25, -0.2) is 4.99 Å². The molecular formula is C24H17Cl2IN2O2S. The van der Waals surface area contributed by atoms with Gasteiger partial charge in [0.2, 0.25) is 0 Å². The molecule has 0 radical (unpaired) electrons. The van der Waals surface area contributed by atoms with Crippen LogP contribution < -0.4 is 10.1 Å². The molecule has 0 aromatic heterocycles. The first-order chi connectivity index (χ1) is 15.4. The van der Waals surface area contributed by atoms with E-state index in [-0.39, 0.29) is 5.91 Å². The van der Waals surface area contributed by atoms with E-state index in [1.165, 1.54) is 17.3 Å². The third kappa shape index (κ3) is 5.67. The van der Waals surface area contributed by atoms with E-state index in [4.69, 9.17) is 27.9 Å². The minimum absolute atomic E-state index is 0.207. The van der Waals surface area contributed by atoms with Gasteiger partial charge in [0.15, 0.2) is 5.17 Å². The summed E-state index contributed by atoms with van der Waals surface area (Å²) in [5.41, 5.74) is 3.74. The van der Waals surface area contributed by atoms with E-state index in [0.717, 1.165) is 20.4 Å². The van der Waals surface area contributed by atoms with Crippen molar-refractivity contribution in [2.24, 2.45) is 4.99 Å². The van der Waals surface area contributed by atoms with Gasteiger partial charge in [-0.2, -0.15) is 0 Å². The van der Waals surface area contributed by atoms with Crippen LogP contribution in [0.2, 0.25) is 10.0 Å². The van der Waals surface area contributed by atoms with Crippen LogP contribution in [0.15, 0.2) is 70.6 Å². The number of amidine groups is 1. The Hall–Kier alpha value is -2.00. The summed E-state index contributed by atoms with van der Waals surface area (Å²) in [5.74, 6) is 0.594. The van der Waals surface area contributed by atoms with Crippen LogP contribution in [0.3, 0.4) is 0 Å². The van der Waals surface area contributed by atoms with Crippen molar-refractivity contribution in [3.63, 3.8) is 0 Å². The fourth-order valence-electron chi connectivity index (χ4n) is 2.89. The molecule has 0 saturated carbocycles. The van der Waals surface area contributed by atoms with E-state index in [1.54, 1.807) is 18.2 Å². The fraction of sp³-hybridized carbons (Fsp3) is 0.0833. The van der Waals surface area contributed by atoms with Crippen LogP contribution in [0.1, 0.15) is 16.7 Å². The number of nitrogens with zero attached hydrogens (tertiary/aromatic N) is 1. The van der Waals surface area contributed by atoms with Gasteiger partial charge in [0.1, 0.15) is 12.4 Å². The van der Waals surface area contributed by atoms with Crippen molar-refractivity contribution < 1.29 is 9.53 Å². The Morgan fingerprint density at radius 2 is 1.91 bits per heavy atom. The van der Waals surface area contributed by atoms with Crippen molar-refractivity contribution in [3.05, 3.63) is 95.9 Å². The molecule has 0 spiro atoms. The molecule has 1 aliphatic rings. The highest BCUT2D eigenvalue weighted by molar-refractivity contribution is 14.1. The lowest BCUT2D eigenvalue weighted by Crippen LogP contribution is -2.19. The Balaban J connectivity index is 1.47. The topological polar surface area (TPSA) is 50.7 Å². The number of aryl methyl sites for hydroxylation is 1. The second-order valence-corrected chi connectivity index (χ2v) is 10.00. The first-order valence-corrected chi connectivity index (χ1v) is 12.3. The van der Waals surface area contributed by atoms with Gasteiger partial charge in [0, 0.05) is 0 Å². The van der Waals surface area contributed by atoms with Crippen molar-refractivity contribution >= 4 is 80.4 Å². The first-order valence-electron chi connectivity index (χ1n) is 9.60. The van der Waals surface area contributed by atoms with Crippen molar-refractivity contribution in [2.45, 2.75) is 13.5 Å². The smallest absolute Gasteiger partial charge is 0.264 e. The maximum Gasteiger partial charge on any atom is 0.264 e. The zero-order valence-corrected chi connectivity index (χ0v) is 21.3. The van der Waals surface area contributed by atoms with E-state index < -0.39 is 0 Å². The van der Waals surface area contributed by atoms with Crippen LogP contribution in [-0.2, 0) is 11.4 Å². The summed E-state index contributed by atoms with van der Waals surface area (Å²) >= 11 is 15.7. The molecule has 3 aromatic carbocycles. The number of aliphatic imine (C=N–C) groups is 1. The molecule has 1 fully saturated rings. The molecule has 0 atom stereocenters. The summed E-state index contributed by atoms with van der Waals surface area (Å²) in [7, 11) is 0. The molecule has 0 unspecified atom stereocenters. The van der Waals surface area contributed by atoms with Gasteiger partial charge < -0.3 is 10.1 Å². The number of hydrogen-bond donors (Lipinski definition) is 1. The molecule has 162 valence electrons. The zero-order valence-electron chi connectivity index (χ0n) is 16.9. The number of carbonyl (C=O) groups excluding carboxylic acids is 1. The van der Waals surface area contributed by atoms with E-state index in [2.05, 4.69) is 64.1 Å². The van der Waals surface area contributed by atoms with Gasteiger partial charge >= 0.3 is 0 Å². The Labute approximate surface area is 214 Å². The van der Waals surface area contributed by atoms with Crippen molar-refractivity contribution in [2.75, 3.05) is 0 Å². The van der Waals surface area contributed by atoms with Crippen molar-refractivity contribution in [3.8, 4) is 5.75 Å². The summed E-state index contributed by atoms with van der Waals surface area (Å²) in [6.07, 6.45) is 1.83. The molecular weight excluding hydrogens is 578 g/mol. The predicted molar refractivity (Wildman–Crippen MR) is 142 cm³/mol. The molecule has 32 heavy (non-hydrogen) atoms. The first kappa shape index (κ1) is 23.2. The van der Waals surface area contributed by atoms with Gasteiger partial charge in [-0.05, 0) is 82.7 Å². The third-order valence-corrected chi connectivity index (χ3v) is 7.13. The molecule has 0 bridgehead atoms. The number of amides is 1. The Kier molecular flexibility index (Phi) is 7.45. The van der Waals surface area contributed by atoms with E-state index in [0.29, 0.717) is 32.4 Å². The molecule has 8 heteroatoms. The quantitative estimate of drug-likeness (QED) is 0.248. The number of benzene rings is 3. The molecule has 4 rings (SSSR count). The summed E-state index contributed by atoms with van der Waals surface area (Å²) in [6.45, 7) is 2.56. The molecule has 4 nitrogen and oxygen atoms in total. The van der Waals surface area contributed by atoms with Gasteiger partial charge in [-0.1, -0.05) is 65.2 Å². The maximum absolute atomic E-state index is 12.4. The average Bonchev–Trinajstić information content (AvgIpc) is 3.10. The SMILES string of the molecule is Cc1ccc(COc2ccc(/C=C3/SC(=Nc4cccc(Cl)c4Cl)NC3=O)cc2I)cc1. The average molecular weight is 595 g/mol. The lowest BCUT2D eigenvalue weighted by Gasteiger charge is -2.09. The van der Waals surface area contributed by atoms with Crippen LogP contribution in [0, 0.1) is 10.5 Å². The summed E-state index contributed by atoms with van der Waals surface area (Å²) in [6, 6.07) is 19.3. The number of ether oxygens (including phenoxy) is 1. The largest absolute Gasteiger partial charge is 0.488 e. The molecule has 1 aliphatic heterocycles. The number of halogens is 3. The number of nitrogens with one attached hydrogen (secondary N) is 1. The van der Waals surface area contributed by atoms with E-state index in [9.17, 15) is 4.79 Å². The van der Waals surface area contributed by atoms with Gasteiger partial charge in [0.05, 0.1) is 24.2 Å². The lowest BCUT2D eigenvalue weighted by atomic mass is 10.1. The molecule has 0 aliphatic carbocycles. The lowest BCUT2D eigenvalue weighted by molar-refractivity contribution is -0.115. The second kappa shape index (κ2) is 10.3. The third-order valence-electron chi connectivity index (χ3n) is 4.57. The van der Waals surface area contributed by atoms with Crippen LogP contribution in [0.4, 0.5) is 5.69 Å². The molecule has 3 aromatic rings. The number of rotatable bonds is 5. The highest BCUT2D eigenvalue weighted by Gasteiger charge is 2.24. The normalized spacial score (nSPS) is 15.9. The van der Waals surface area contributed by atoms with Crippen LogP contribution in [0.5, 0.6) is 5.75 Å². The minimum Gasteiger partial charge on any atom is -0.488 e. The second-order valence-electron chi connectivity index (χ2n) is 7.02. The van der Waals surface area contributed by atoms with Crippen LogP contribution >= 0.6 is 57.6 Å². The number of thioether (sulfide) groups is 1. The molecule has 1 heterocycles. The van der Waals surface area contributed by atoms with E-state index >= 15 is 0 Å². The number of hydrogen-bond acceptors (Lipinski definition) is 4. The van der Waals surface area contributed by atoms with Crippen molar-refractivity contribution in [1.29, 1.82) is 0 Å². The monoisotopic (exact) mass is 594 g/mol. The summed E-state index contributed by atoms with van der Waals surface area (Å²) in [5, 5.41) is 3.99. The zero-order chi connectivity index (χ0) is 22.7. The summed E-state index contributed by atoms with van der Waals surface area (Å²) < 4.78 is 6.92. The highest BCUT2D eigenvalue weighted by Crippen LogP contribution is 2.35. The predicted octanol–water partition coefficient (Wildman–Crippen LogP) is 7.38. The van der Waals surface area contributed by atoms with E-state index in [1.807, 2.05) is 24.3 Å². The minimum atomic E-state index is -0.207. The molecule has 1 N–H and O–H groups in total. The number of carbonyl (C=O) groups is 1. The van der Waals surface area contributed by atoms with Crippen LogP contribution in [0.25, 0.3) is 6.08 Å². The van der Waals surface area contributed by atoms with Gasteiger partial charge in [0.25, 0.3) is 5.91 Å². The fourth-order valence-corrected chi connectivity index (χ4v) is 4.76. The Morgan fingerprint density at radius 1 is 1.12 bits per heavy atom.